The zero-order chi connectivity index (χ0) is 10.2. The summed E-state index contributed by atoms with van der Waals surface area (Å²) in [5.41, 5.74) is 1.06. The molecule has 0 atom stereocenters. The fraction of sp³-hybridized carbons (Fsp3) is 0.600. The highest BCUT2D eigenvalue weighted by Crippen LogP contribution is 2.05. The Kier molecular flexibility index (Phi) is 4.93. The van der Waals surface area contributed by atoms with Crippen molar-refractivity contribution in [2.24, 2.45) is 0 Å². The fourth-order valence-electron chi connectivity index (χ4n) is 1.18. The molecule has 4 heteroatoms. The Morgan fingerprint density at radius 2 is 2.29 bits per heavy atom. The van der Waals surface area contributed by atoms with Crippen LogP contribution in [0.25, 0.3) is 0 Å². The Bertz CT molecular complexity index is 265. The lowest BCUT2D eigenvalue weighted by Gasteiger charge is -2.04. The van der Waals surface area contributed by atoms with Crippen LogP contribution in [0.1, 0.15) is 25.5 Å². The Morgan fingerprint density at radius 1 is 1.43 bits per heavy atom. The molecule has 78 valence electrons. The summed E-state index contributed by atoms with van der Waals surface area (Å²) in [5, 5.41) is 11.7. The van der Waals surface area contributed by atoms with E-state index in [1.54, 1.807) is 6.33 Å². The van der Waals surface area contributed by atoms with E-state index in [0.29, 0.717) is 0 Å². The summed E-state index contributed by atoms with van der Waals surface area (Å²) >= 11 is 0. The number of aliphatic hydroxyl groups excluding tert-OH is 1. The highest BCUT2D eigenvalue weighted by Gasteiger charge is 1.96. The van der Waals surface area contributed by atoms with Crippen molar-refractivity contribution in [3.8, 4) is 0 Å². The predicted molar refractivity (Wildman–Crippen MR) is 56.2 cm³/mol. The molecule has 0 unspecified atom stereocenters. The third kappa shape index (κ3) is 3.70. The monoisotopic (exact) mass is 195 g/mol. The van der Waals surface area contributed by atoms with Crippen LogP contribution in [0.15, 0.2) is 12.4 Å². The molecule has 0 fully saturated rings. The lowest BCUT2D eigenvalue weighted by atomic mass is 10.2. The topological polar surface area (TPSA) is 58.0 Å². The smallest absolute Gasteiger partial charge is 0.129 e. The lowest BCUT2D eigenvalue weighted by Crippen LogP contribution is -2.05. The Balaban J connectivity index is 2.46. The molecule has 0 aliphatic rings. The van der Waals surface area contributed by atoms with Crippen molar-refractivity contribution >= 4 is 5.82 Å². The number of aryl methyl sites for hydroxylation is 1. The molecule has 0 aromatic carbocycles. The van der Waals surface area contributed by atoms with Gasteiger partial charge in [-0.3, -0.25) is 0 Å². The van der Waals surface area contributed by atoms with Gasteiger partial charge in [0.1, 0.15) is 12.1 Å². The van der Waals surface area contributed by atoms with E-state index in [-0.39, 0.29) is 6.61 Å². The molecule has 0 aliphatic carbocycles. The van der Waals surface area contributed by atoms with Crippen LogP contribution in [0.3, 0.4) is 0 Å². The van der Waals surface area contributed by atoms with Gasteiger partial charge >= 0.3 is 0 Å². The van der Waals surface area contributed by atoms with Crippen molar-refractivity contribution in [3.05, 3.63) is 18.1 Å². The predicted octanol–water partition coefficient (Wildman–Crippen LogP) is 1.22. The average molecular weight is 195 g/mol. The summed E-state index contributed by atoms with van der Waals surface area (Å²) in [7, 11) is 0. The summed E-state index contributed by atoms with van der Waals surface area (Å²) in [6.07, 6.45) is 4.39. The Hall–Kier alpha value is -1.16. The zero-order valence-electron chi connectivity index (χ0n) is 8.53. The number of nitrogens with zero attached hydrogens (tertiary/aromatic N) is 2. The zero-order valence-corrected chi connectivity index (χ0v) is 8.53. The van der Waals surface area contributed by atoms with E-state index in [0.717, 1.165) is 37.3 Å². The van der Waals surface area contributed by atoms with Crippen molar-refractivity contribution in [3.63, 3.8) is 0 Å². The molecule has 1 aromatic rings. The molecule has 4 nitrogen and oxygen atoms in total. The first kappa shape index (κ1) is 10.9. The van der Waals surface area contributed by atoms with Gasteiger partial charge in [-0.1, -0.05) is 13.3 Å². The molecule has 2 N–H and O–H groups in total. The molecule has 1 rings (SSSR count). The first-order chi connectivity index (χ1) is 6.86. The molecule has 1 heterocycles. The Labute approximate surface area is 84.4 Å². The van der Waals surface area contributed by atoms with Gasteiger partial charge in [0.05, 0.1) is 0 Å². The largest absolute Gasteiger partial charge is 0.396 e. The molecular formula is C10H17N3O. The number of rotatable bonds is 6. The third-order valence-electron chi connectivity index (χ3n) is 1.87. The number of aromatic nitrogens is 2. The minimum Gasteiger partial charge on any atom is -0.396 e. The average Bonchev–Trinajstić information content (AvgIpc) is 2.19. The van der Waals surface area contributed by atoms with E-state index in [9.17, 15) is 0 Å². The summed E-state index contributed by atoms with van der Waals surface area (Å²) in [6.45, 7) is 3.08. The number of nitrogens with one attached hydrogen (secondary N) is 1. The van der Waals surface area contributed by atoms with Gasteiger partial charge in [0, 0.05) is 24.9 Å². The molecule has 14 heavy (non-hydrogen) atoms. The molecule has 0 saturated heterocycles. The molecule has 0 bridgehead atoms. The van der Waals surface area contributed by atoms with Gasteiger partial charge in [0.15, 0.2) is 0 Å². The van der Waals surface area contributed by atoms with Crippen molar-refractivity contribution < 1.29 is 5.11 Å². The van der Waals surface area contributed by atoms with Gasteiger partial charge in [-0.2, -0.15) is 0 Å². The van der Waals surface area contributed by atoms with E-state index >= 15 is 0 Å². The molecule has 0 radical (unpaired) electrons. The van der Waals surface area contributed by atoms with Gasteiger partial charge < -0.3 is 10.4 Å². The van der Waals surface area contributed by atoms with Crippen molar-refractivity contribution in [2.45, 2.75) is 26.2 Å². The van der Waals surface area contributed by atoms with Crippen LogP contribution in [0.5, 0.6) is 0 Å². The number of anilines is 1. The van der Waals surface area contributed by atoms with E-state index in [1.807, 2.05) is 6.07 Å². The summed E-state index contributed by atoms with van der Waals surface area (Å²) in [5.74, 6) is 0.844. The standard InChI is InChI=1S/C10H17N3O/c1-2-4-9-7-10(13-8-12-9)11-5-3-6-14/h7-8,14H,2-6H2,1H3,(H,11,12,13). The number of aliphatic hydroxyl groups is 1. The highest BCUT2D eigenvalue weighted by molar-refractivity contribution is 5.34. The first-order valence-corrected chi connectivity index (χ1v) is 5.02. The lowest BCUT2D eigenvalue weighted by molar-refractivity contribution is 0.292. The van der Waals surface area contributed by atoms with Gasteiger partial charge in [0.25, 0.3) is 0 Å². The van der Waals surface area contributed by atoms with Crippen LogP contribution in [0.2, 0.25) is 0 Å². The molecule has 0 spiro atoms. The van der Waals surface area contributed by atoms with Crippen LogP contribution < -0.4 is 5.32 Å². The maximum Gasteiger partial charge on any atom is 0.129 e. The summed E-state index contributed by atoms with van der Waals surface area (Å²) in [4.78, 5) is 8.25. The van der Waals surface area contributed by atoms with Crippen molar-refractivity contribution in [1.29, 1.82) is 0 Å². The number of hydrogen-bond acceptors (Lipinski definition) is 4. The third-order valence-corrected chi connectivity index (χ3v) is 1.87. The second-order valence-electron chi connectivity index (χ2n) is 3.15. The fourth-order valence-corrected chi connectivity index (χ4v) is 1.18. The van der Waals surface area contributed by atoms with Gasteiger partial charge in [0.2, 0.25) is 0 Å². The van der Waals surface area contributed by atoms with E-state index in [1.165, 1.54) is 0 Å². The van der Waals surface area contributed by atoms with Gasteiger partial charge in [-0.15, -0.1) is 0 Å². The molecule has 1 aromatic heterocycles. The van der Waals surface area contributed by atoms with Crippen molar-refractivity contribution in [2.75, 3.05) is 18.5 Å². The number of hydrogen-bond donors (Lipinski definition) is 2. The van der Waals surface area contributed by atoms with Crippen LogP contribution >= 0.6 is 0 Å². The minimum absolute atomic E-state index is 0.208. The molecule has 0 aliphatic heterocycles. The van der Waals surface area contributed by atoms with E-state index < -0.39 is 0 Å². The second kappa shape index (κ2) is 6.32. The maximum atomic E-state index is 8.61. The second-order valence-corrected chi connectivity index (χ2v) is 3.15. The summed E-state index contributed by atoms with van der Waals surface area (Å²) in [6, 6.07) is 1.96. The van der Waals surface area contributed by atoms with E-state index in [4.69, 9.17) is 5.11 Å². The molecular weight excluding hydrogens is 178 g/mol. The maximum absolute atomic E-state index is 8.61. The highest BCUT2D eigenvalue weighted by atomic mass is 16.3. The van der Waals surface area contributed by atoms with Crippen molar-refractivity contribution in [1.82, 2.24) is 9.97 Å². The van der Waals surface area contributed by atoms with Crippen LogP contribution in [0, 0.1) is 0 Å². The van der Waals surface area contributed by atoms with E-state index in [2.05, 4.69) is 22.2 Å². The van der Waals surface area contributed by atoms with Gasteiger partial charge in [-0.05, 0) is 12.8 Å². The quantitative estimate of drug-likeness (QED) is 0.670. The van der Waals surface area contributed by atoms with Gasteiger partial charge in [-0.25, -0.2) is 9.97 Å². The normalized spacial score (nSPS) is 10.1. The summed E-state index contributed by atoms with van der Waals surface area (Å²) < 4.78 is 0. The SMILES string of the molecule is CCCc1cc(NCCCO)ncn1. The first-order valence-electron chi connectivity index (χ1n) is 5.02. The molecule has 0 saturated carbocycles. The Morgan fingerprint density at radius 3 is 3.00 bits per heavy atom. The van der Waals surface area contributed by atoms with Crippen LogP contribution in [-0.2, 0) is 6.42 Å². The molecule has 0 amide bonds. The van der Waals surface area contributed by atoms with Crippen LogP contribution in [-0.4, -0.2) is 28.2 Å². The minimum atomic E-state index is 0.208. The van der Waals surface area contributed by atoms with Crippen LogP contribution in [0.4, 0.5) is 5.82 Å².